The van der Waals surface area contributed by atoms with Gasteiger partial charge in [-0.3, -0.25) is 5.10 Å². The molecular weight excluding hydrogens is 204 g/mol. The molecule has 0 aliphatic heterocycles. The number of aromatic nitrogens is 2. The summed E-state index contributed by atoms with van der Waals surface area (Å²) in [5, 5.41) is 5.92. The summed E-state index contributed by atoms with van der Waals surface area (Å²) in [7, 11) is -3.49. The number of nitrogens with zero attached hydrogens (tertiary/aromatic N) is 1. The molecule has 1 rings (SSSR count). The first kappa shape index (κ1) is 11.0. The van der Waals surface area contributed by atoms with Crippen molar-refractivity contribution in [1.82, 2.24) is 14.9 Å². The molecule has 0 radical (unpaired) electrons. The Labute approximate surface area is 82.9 Å². The van der Waals surface area contributed by atoms with E-state index in [-0.39, 0.29) is 10.7 Å². The average molecular weight is 218 g/mol. The lowest BCUT2D eigenvalue weighted by molar-refractivity contribution is 0.579. The predicted molar refractivity (Wildman–Crippen MR) is 53.1 cm³/mol. The van der Waals surface area contributed by atoms with E-state index < -0.39 is 10.0 Å². The number of nitrogens with two attached hydrogens (primary N) is 1. The van der Waals surface area contributed by atoms with Crippen LogP contribution < -0.4 is 10.5 Å². The molecular formula is C7H14N4O2S. The molecule has 4 N–H and O–H groups in total. The van der Waals surface area contributed by atoms with Crippen LogP contribution in [-0.2, 0) is 10.0 Å². The highest BCUT2D eigenvalue weighted by Crippen LogP contribution is 2.13. The fraction of sp³-hybridized carbons (Fsp3) is 0.571. The van der Waals surface area contributed by atoms with Gasteiger partial charge < -0.3 is 5.73 Å². The van der Waals surface area contributed by atoms with Crippen molar-refractivity contribution in [3.05, 3.63) is 6.20 Å². The normalized spacial score (nSPS) is 11.8. The van der Waals surface area contributed by atoms with E-state index in [0.717, 1.165) is 12.8 Å². The molecule has 1 aromatic heterocycles. The zero-order valence-electron chi connectivity index (χ0n) is 7.95. The molecule has 0 saturated heterocycles. The van der Waals surface area contributed by atoms with Gasteiger partial charge in [0.1, 0.15) is 10.7 Å². The number of anilines is 1. The highest BCUT2D eigenvalue weighted by molar-refractivity contribution is 7.89. The van der Waals surface area contributed by atoms with Gasteiger partial charge in [0, 0.05) is 6.54 Å². The van der Waals surface area contributed by atoms with Crippen LogP contribution in [0.15, 0.2) is 11.1 Å². The van der Waals surface area contributed by atoms with Gasteiger partial charge in [0.2, 0.25) is 10.0 Å². The van der Waals surface area contributed by atoms with Crippen LogP contribution in [0, 0.1) is 0 Å². The summed E-state index contributed by atoms with van der Waals surface area (Å²) in [6, 6.07) is 0. The molecule has 14 heavy (non-hydrogen) atoms. The smallest absolute Gasteiger partial charge is 0.245 e. The second kappa shape index (κ2) is 4.43. The summed E-state index contributed by atoms with van der Waals surface area (Å²) in [6.07, 6.45) is 2.93. The van der Waals surface area contributed by atoms with Gasteiger partial charge in [-0.25, -0.2) is 13.1 Å². The molecule has 0 bridgehead atoms. The van der Waals surface area contributed by atoms with Crippen molar-refractivity contribution in [3.8, 4) is 0 Å². The Morgan fingerprint density at radius 1 is 1.64 bits per heavy atom. The van der Waals surface area contributed by atoms with Gasteiger partial charge >= 0.3 is 0 Å². The number of nitrogens with one attached hydrogen (secondary N) is 2. The third kappa shape index (κ3) is 2.46. The SMILES string of the molecule is CCCCNS(=O)(=O)c1cn[nH]c1N. The standard InChI is InChI=1S/C7H14N4O2S/c1-2-3-4-10-14(12,13)6-5-9-11-7(6)8/h5,10H,2-4H2,1H3,(H3,8,9,11). The lowest BCUT2D eigenvalue weighted by Gasteiger charge is -2.03. The number of hydrogen-bond donors (Lipinski definition) is 3. The molecule has 6 nitrogen and oxygen atoms in total. The highest BCUT2D eigenvalue weighted by Gasteiger charge is 2.17. The molecule has 0 spiro atoms. The van der Waals surface area contributed by atoms with Crippen LogP contribution in [0.25, 0.3) is 0 Å². The minimum absolute atomic E-state index is 0.00797. The van der Waals surface area contributed by atoms with Gasteiger partial charge in [0.05, 0.1) is 6.20 Å². The molecule has 0 aromatic carbocycles. The molecule has 1 heterocycles. The van der Waals surface area contributed by atoms with E-state index in [9.17, 15) is 8.42 Å². The summed E-state index contributed by atoms with van der Waals surface area (Å²) in [5.41, 5.74) is 5.39. The lowest BCUT2D eigenvalue weighted by atomic mass is 10.3. The monoisotopic (exact) mass is 218 g/mol. The minimum Gasteiger partial charge on any atom is -0.383 e. The Morgan fingerprint density at radius 3 is 2.86 bits per heavy atom. The third-order valence-electron chi connectivity index (χ3n) is 1.74. The van der Waals surface area contributed by atoms with Crippen molar-refractivity contribution < 1.29 is 8.42 Å². The van der Waals surface area contributed by atoms with E-state index >= 15 is 0 Å². The maximum Gasteiger partial charge on any atom is 0.245 e. The summed E-state index contributed by atoms with van der Waals surface area (Å²) in [6.45, 7) is 2.41. The minimum atomic E-state index is -3.49. The number of nitrogen functional groups attached to an aromatic ring is 1. The zero-order valence-corrected chi connectivity index (χ0v) is 8.76. The molecule has 80 valence electrons. The Morgan fingerprint density at radius 2 is 2.36 bits per heavy atom. The second-order valence-corrected chi connectivity index (χ2v) is 4.63. The van der Waals surface area contributed by atoms with E-state index in [4.69, 9.17) is 5.73 Å². The Bertz CT molecular complexity index is 384. The molecule has 7 heteroatoms. The van der Waals surface area contributed by atoms with Crippen molar-refractivity contribution in [2.45, 2.75) is 24.7 Å². The number of hydrogen-bond acceptors (Lipinski definition) is 4. The van der Waals surface area contributed by atoms with Crippen molar-refractivity contribution in [3.63, 3.8) is 0 Å². The fourth-order valence-electron chi connectivity index (χ4n) is 0.960. The number of sulfonamides is 1. The lowest BCUT2D eigenvalue weighted by Crippen LogP contribution is -2.25. The van der Waals surface area contributed by atoms with E-state index in [1.165, 1.54) is 6.20 Å². The Balaban J connectivity index is 2.72. The zero-order chi connectivity index (χ0) is 10.6. The highest BCUT2D eigenvalue weighted by atomic mass is 32.2. The first-order chi connectivity index (χ1) is 6.58. The molecule has 0 aliphatic carbocycles. The molecule has 1 aromatic rings. The first-order valence-electron chi connectivity index (χ1n) is 4.36. The molecule has 0 saturated carbocycles. The summed E-state index contributed by atoms with van der Waals surface area (Å²) in [5.74, 6) is 0.0639. The van der Waals surface area contributed by atoms with Crippen molar-refractivity contribution in [2.75, 3.05) is 12.3 Å². The summed E-state index contributed by atoms with van der Waals surface area (Å²) >= 11 is 0. The van der Waals surface area contributed by atoms with Crippen LogP contribution in [0.2, 0.25) is 0 Å². The van der Waals surface area contributed by atoms with E-state index in [1.807, 2.05) is 6.92 Å². The number of unbranched alkanes of at least 4 members (excludes halogenated alkanes) is 1. The van der Waals surface area contributed by atoms with E-state index in [0.29, 0.717) is 6.54 Å². The molecule has 0 fully saturated rings. The van der Waals surface area contributed by atoms with Crippen molar-refractivity contribution >= 4 is 15.8 Å². The molecule has 0 atom stereocenters. The van der Waals surface area contributed by atoms with Crippen LogP contribution in [0.5, 0.6) is 0 Å². The van der Waals surface area contributed by atoms with Gasteiger partial charge in [-0.1, -0.05) is 13.3 Å². The maximum atomic E-state index is 11.5. The predicted octanol–water partition coefficient (Wildman–Crippen LogP) is 0.0703. The number of H-pyrrole nitrogens is 1. The molecule has 0 aliphatic rings. The number of rotatable bonds is 5. The van der Waals surface area contributed by atoms with Crippen molar-refractivity contribution in [2.24, 2.45) is 0 Å². The van der Waals surface area contributed by atoms with Crippen molar-refractivity contribution in [1.29, 1.82) is 0 Å². The summed E-state index contributed by atoms with van der Waals surface area (Å²) in [4.78, 5) is 0.00797. The van der Waals surface area contributed by atoms with Gasteiger partial charge in [-0.2, -0.15) is 5.10 Å². The first-order valence-corrected chi connectivity index (χ1v) is 5.84. The van der Waals surface area contributed by atoms with Gasteiger partial charge in [-0.15, -0.1) is 0 Å². The molecule has 0 amide bonds. The van der Waals surface area contributed by atoms with Crippen LogP contribution in [0.4, 0.5) is 5.82 Å². The van der Waals surface area contributed by atoms with Crippen LogP contribution in [0.1, 0.15) is 19.8 Å². The largest absolute Gasteiger partial charge is 0.383 e. The quantitative estimate of drug-likeness (QED) is 0.609. The van der Waals surface area contributed by atoms with E-state index in [2.05, 4.69) is 14.9 Å². The van der Waals surface area contributed by atoms with Crippen LogP contribution in [0.3, 0.4) is 0 Å². The number of aromatic amines is 1. The average Bonchev–Trinajstić information content (AvgIpc) is 2.52. The second-order valence-electron chi connectivity index (χ2n) is 2.90. The Kier molecular flexibility index (Phi) is 3.48. The summed E-state index contributed by atoms with van der Waals surface area (Å²) < 4.78 is 25.5. The Hall–Kier alpha value is -1.08. The fourth-order valence-corrected chi connectivity index (χ4v) is 2.06. The third-order valence-corrected chi connectivity index (χ3v) is 3.23. The van der Waals surface area contributed by atoms with Gasteiger partial charge in [0.25, 0.3) is 0 Å². The van der Waals surface area contributed by atoms with Crippen LogP contribution in [-0.4, -0.2) is 25.2 Å². The van der Waals surface area contributed by atoms with Crippen LogP contribution >= 0.6 is 0 Å². The van der Waals surface area contributed by atoms with Gasteiger partial charge in [-0.05, 0) is 6.42 Å². The van der Waals surface area contributed by atoms with Gasteiger partial charge in [0.15, 0.2) is 0 Å². The van der Waals surface area contributed by atoms with E-state index in [1.54, 1.807) is 0 Å². The molecule has 0 unspecified atom stereocenters. The maximum absolute atomic E-state index is 11.5. The topological polar surface area (TPSA) is 101 Å².